The van der Waals surface area contributed by atoms with Gasteiger partial charge < -0.3 is 14.9 Å². The van der Waals surface area contributed by atoms with Crippen molar-refractivity contribution >= 4 is 11.9 Å². The van der Waals surface area contributed by atoms with Crippen molar-refractivity contribution in [2.45, 2.75) is 37.1 Å². The minimum Gasteiger partial charge on any atom is -0.481 e. The summed E-state index contributed by atoms with van der Waals surface area (Å²) in [5.74, 6) is -3.16. The third-order valence-electron chi connectivity index (χ3n) is 7.51. The van der Waals surface area contributed by atoms with E-state index >= 15 is 0 Å². The van der Waals surface area contributed by atoms with Gasteiger partial charge in [0.1, 0.15) is 0 Å². The summed E-state index contributed by atoms with van der Waals surface area (Å²) in [6, 6.07) is 13.4. The second-order valence-electron chi connectivity index (χ2n) is 9.08. The van der Waals surface area contributed by atoms with Crippen molar-refractivity contribution in [3.05, 3.63) is 71.3 Å². The Bertz CT molecular complexity index is 1020. The summed E-state index contributed by atoms with van der Waals surface area (Å²) in [7, 11) is 1.84. The van der Waals surface area contributed by atoms with E-state index < -0.39 is 28.6 Å². The third-order valence-corrected chi connectivity index (χ3v) is 7.51. The summed E-state index contributed by atoms with van der Waals surface area (Å²) in [4.78, 5) is 28.4. The van der Waals surface area contributed by atoms with Crippen LogP contribution in [0.2, 0.25) is 0 Å². The van der Waals surface area contributed by atoms with Crippen LogP contribution in [-0.2, 0) is 20.5 Å². The van der Waals surface area contributed by atoms with Crippen LogP contribution >= 0.6 is 0 Å². The lowest BCUT2D eigenvalue weighted by molar-refractivity contribution is -0.141. The zero-order chi connectivity index (χ0) is 23.1. The molecule has 5 nitrogen and oxygen atoms in total. The van der Waals surface area contributed by atoms with E-state index in [4.69, 9.17) is 0 Å². The van der Waals surface area contributed by atoms with E-state index in [0.717, 1.165) is 43.6 Å². The highest BCUT2D eigenvalue weighted by Gasteiger charge is 2.62. The van der Waals surface area contributed by atoms with E-state index in [1.807, 2.05) is 30.1 Å². The number of nitrogens with zero attached hydrogens (tertiary/aromatic N) is 2. The fourth-order valence-electron chi connectivity index (χ4n) is 5.35. The van der Waals surface area contributed by atoms with Crippen LogP contribution in [-0.4, -0.2) is 53.5 Å². The van der Waals surface area contributed by atoms with E-state index in [2.05, 4.69) is 17.0 Å². The molecule has 32 heavy (non-hydrogen) atoms. The van der Waals surface area contributed by atoms with Crippen LogP contribution in [0.1, 0.15) is 37.3 Å². The van der Waals surface area contributed by atoms with Crippen LogP contribution in [0.4, 0.5) is 8.78 Å². The number of hydrogen-bond acceptors (Lipinski definition) is 3. The lowest BCUT2D eigenvalue weighted by Gasteiger charge is -2.47. The number of carbonyl (C=O) groups excluding carboxylic acids is 1. The van der Waals surface area contributed by atoms with Gasteiger partial charge in [-0.3, -0.25) is 9.59 Å². The van der Waals surface area contributed by atoms with E-state index in [0.29, 0.717) is 18.5 Å². The van der Waals surface area contributed by atoms with Crippen molar-refractivity contribution in [2.75, 3.05) is 26.7 Å². The van der Waals surface area contributed by atoms with E-state index in [9.17, 15) is 23.5 Å². The minimum atomic E-state index is -1.17. The molecule has 2 aromatic carbocycles. The Morgan fingerprint density at radius 3 is 2.28 bits per heavy atom. The molecule has 1 saturated heterocycles. The molecule has 1 aliphatic carbocycles. The van der Waals surface area contributed by atoms with Gasteiger partial charge in [-0.2, -0.15) is 0 Å². The van der Waals surface area contributed by atoms with Gasteiger partial charge in [-0.25, -0.2) is 8.78 Å². The molecule has 0 spiro atoms. The molecule has 170 valence electrons. The quantitative estimate of drug-likeness (QED) is 0.740. The number of carboxylic acid groups (broad SMARTS) is 1. The van der Waals surface area contributed by atoms with Crippen molar-refractivity contribution in [3.63, 3.8) is 0 Å². The van der Waals surface area contributed by atoms with Crippen molar-refractivity contribution in [1.29, 1.82) is 0 Å². The Labute approximate surface area is 186 Å². The Hall–Kier alpha value is -2.80. The van der Waals surface area contributed by atoms with Gasteiger partial charge in [0.05, 0.1) is 11.0 Å². The van der Waals surface area contributed by atoms with Gasteiger partial charge >= 0.3 is 5.97 Å². The molecule has 0 unspecified atom stereocenters. The van der Waals surface area contributed by atoms with E-state index in [1.165, 1.54) is 6.07 Å². The van der Waals surface area contributed by atoms with Crippen LogP contribution in [0.5, 0.6) is 0 Å². The lowest BCUT2D eigenvalue weighted by Crippen LogP contribution is -2.53. The SMILES string of the molecule is CC(=O)N(C)C1(c2ccccc2)CCN(C[C@@H]2C[C@@]2(C(=O)O)c2ccc(F)c(F)c2)CC1. The van der Waals surface area contributed by atoms with Crippen LogP contribution in [0.25, 0.3) is 0 Å². The standard InChI is InChI=1S/C25H28F2N2O3/c1-17(30)28(2)24(18-6-4-3-5-7-18)10-12-29(13-11-24)16-20-15-25(20,23(31)32)19-8-9-21(26)22(27)14-19/h3-9,14,20H,10-13,15-16H2,1-2H3,(H,31,32)/t20-,25+/m0/s1. The Morgan fingerprint density at radius 1 is 1.06 bits per heavy atom. The fourth-order valence-corrected chi connectivity index (χ4v) is 5.35. The normalized spacial score (nSPS) is 24.7. The summed E-state index contributed by atoms with van der Waals surface area (Å²) >= 11 is 0. The molecule has 1 heterocycles. The number of piperidine rings is 1. The number of halogens is 2. The predicted octanol–water partition coefficient (Wildman–Crippen LogP) is 3.78. The zero-order valence-electron chi connectivity index (χ0n) is 18.4. The molecular formula is C25H28F2N2O3. The maximum absolute atomic E-state index is 13.8. The molecule has 0 aromatic heterocycles. The van der Waals surface area contributed by atoms with E-state index in [-0.39, 0.29) is 11.8 Å². The summed E-state index contributed by atoms with van der Waals surface area (Å²) in [5.41, 5.74) is -0.137. The molecule has 1 amide bonds. The van der Waals surface area contributed by atoms with Crippen LogP contribution < -0.4 is 0 Å². The number of amides is 1. The molecule has 2 atom stereocenters. The number of carboxylic acids is 1. The molecule has 7 heteroatoms. The van der Waals surface area contributed by atoms with Crippen molar-refractivity contribution in [2.24, 2.45) is 5.92 Å². The first-order valence-corrected chi connectivity index (χ1v) is 10.9. The van der Waals surface area contributed by atoms with Crippen molar-refractivity contribution in [3.8, 4) is 0 Å². The molecule has 1 N–H and O–H groups in total. The van der Waals surface area contributed by atoms with Crippen LogP contribution in [0.15, 0.2) is 48.5 Å². The number of benzene rings is 2. The lowest BCUT2D eigenvalue weighted by atomic mass is 9.79. The average molecular weight is 443 g/mol. The smallest absolute Gasteiger partial charge is 0.314 e. The monoisotopic (exact) mass is 442 g/mol. The number of carbonyl (C=O) groups is 2. The number of aliphatic carboxylic acids is 1. The Kier molecular flexibility index (Phi) is 5.79. The van der Waals surface area contributed by atoms with Gasteiger partial charge in [0.15, 0.2) is 11.6 Å². The number of rotatable bonds is 6. The number of likely N-dealkylation sites (tertiary alicyclic amines) is 1. The second-order valence-corrected chi connectivity index (χ2v) is 9.08. The van der Waals surface area contributed by atoms with Gasteiger partial charge in [0.2, 0.25) is 5.91 Å². The first-order valence-electron chi connectivity index (χ1n) is 10.9. The fraction of sp³-hybridized carbons (Fsp3) is 0.440. The summed E-state index contributed by atoms with van der Waals surface area (Å²) in [5, 5.41) is 9.90. The maximum atomic E-state index is 13.8. The molecule has 0 radical (unpaired) electrons. The van der Waals surface area contributed by atoms with Crippen LogP contribution in [0, 0.1) is 17.6 Å². The summed E-state index contributed by atoms with van der Waals surface area (Å²) in [6.45, 7) is 3.58. The Balaban J connectivity index is 1.49. The molecule has 1 saturated carbocycles. The van der Waals surface area contributed by atoms with Gasteiger partial charge in [0, 0.05) is 33.6 Å². The van der Waals surface area contributed by atoms with Gasteiger partial charge in [-0.1, -0.05) is 36.4 Å². The predicted molar refractivity (Wildman–Crippen MR) is 116 cm³/mol. The number of hydrogen-bond donors (Lipinski definition) is 1. The van der Waals surface area contributed by atoms with Gasteiger partial charge in [-0.15, -0.1) is 0 Å². The summed E-state index contributed by atoms with van der Waals surface area (Å²) in [6.07, 6.45) is 1.89. The topological polar surface area (TPSA) is 60.9 Å². The highest BCUT2D eigenvalue weighted by molar-refractivity contribution is 5.86. The second kappa shape index (κ2) is 8.28. The first-order chi connectivity index (χ1) is 15.2. The average Bonchev–Trinajstić information content (AvgIpc) is 3.51. The third kappa shape index (κ3) is 3.68. The molecule has 4 rings (SSSR count). The van der Waals surface area contributed by atoms with Crippen molar-refractivity contribution < 1.29 is 23.5 Å². The van der Waals surface area contributed by atoms with E-state index in [1.54, 1.807) is 6.92 Å². The maximum Gasteiger partial charge on any atom is 0.314 e. The molecule has 2 fully saturated rings. The molecule has 2 aromatic rings. The molecule has 2 aliphatic rings. The van der Waals surface area contributed by atoms with Gasteiger partial charge in [-0.05, 0) is 48.4 Å². The highest BCUT2D eigenvalue weighted by atomic mass is 19.2. The van der Waals surface area contributed by atoms with Crippen LogP contribution in [0.3, 0.4) is 0 Å². The molecular weight excluding hydrogens is 414 g/mol. The molecule has 0 bridgehead atoms. The zero-order valence-corrected chi connectivity index (χ0v) is 18.4. The highest BCUT2D eigenvalue weighted by Crippen LogP contribution is 2.55. The Morgan fingerprint density at radius 2 is 1.72 bits per heavy atom. The first kappa shape index (κ1) is 22.4. The van der Waals surface area contributed by atoms with Crippen molar-refractivity contribution in [1.82, 2.24) is 9.80 Å². The minimum absolute atomic E-state index is 0.00715. The molecule has 1 aliphatic heterocycles. The van der Waals surface area contributed by atoms with Gasteiger partial charge in [0.25, 0.3) is 0 Å². The summed E-state index contributed by atoms with van der Waals surface area (Å²) < 4.78 is 27.1. The largest absolute Gasteiger partial charge is 0.481 e.